The van der Waals surface area contributed by atoms with Crippen molar-refractivity contribution in [2.45, 2.75) is 19.9 Å². The SMILES string of the molecule is Cc1ccc(NS(C)(=O)=O)cc1C(=O)NC(C)c1cccc2ccccc12. The molecule has 0 heterocycles. The average Bonchev–Trinajstić information content (AvgIpc) is 2.61. The number of rotatable bonds is 5. The number of carbonyl (C=O) groups excluding carboxylic acids is 1. The molecule has 0 spiro atoms. The molecule has 1 amide bonds. The fourth-order valence-electron chi connectivity index (χ4n) is 3.12. The van der Waals surface area contributed by atoms with Gasteiger partial charge in [-0.2, -0.15) is 0 Å². The molecule has 0 saturated carbocycles. The van der Waals surface area contributed by atoms with Crippen LogP contribution in [0.5, 0.6) is 0 Å². The second kappa shape index (κ2) is 7.40. The molecule has 0 aliphatic rings. The number of amides is 1. The molecular formula is C21H22N2O3S. The maximum atomic E-state index is 12.8. The number of anilines is 1. The van der Waals surface area contributed by atoms with Gasteiger partial charge < -0.3 is 5.32 Å². The topological polar surface area (TPSA) is 75.3 Å². The maximum Gasteiger partial charge on any atom is 0.252 e. The number of carbonyl (C=O) groups is 1. The molecule has 140 valence electrons. The van der Waals surface area contributed by atoms with Gasteiger partial charge in [-0.25, -0.2) is 8.42 Å². The Balaban J connectivity index is 1.87. The molecule has 3 rings (SSSR count). The minimum Gasteiger partial charge on any atom is -0.345 e. The van der Waals surface area contributed by atoms with E-state index in [2.05, 4.69) is 10.0 Å². The number of nitrogens with one attached hydrogen (secondary N) is 2. The van der Waals surface area contributed by atoms with Crippen molar-refractivity contribution in [3.63, 3.8) is 0 Å². The summed E-state index contributed by atoms with van der Waals surface area (Å²) < 4.78 is 25.3. The van der Waals surface area contributed by atoms with E-state index in [-0.39, 0.29) is 11.9 Å². The van der Waals surface area contributed by atoms with Gasteiger partial charge in [-0.3, -0.25) is 9.52 Å². The zero-order valence-electron chi connectivity index (χ0n) is 15.5. The monoisotopic (exact) mass is 382 g/mol. The summed E-state index contributed by atoms with van der Waals surface area (Å²) >= 11 is 0. The number of benzene rings is 3. The van der Waals surface area contributed by atoms with E-state index in [4.69, 9.17) is 0 Å². The molecule has 0 aliphatic carbocycles. The number of hydrogen-bond donors (Lipinski definition) is 2. The zero-order valence-corrected chi connectivity index (χ0v) is 16.3. The van der Waals surface area contributed by atoms with Crippen molar-refractivity contribution >= 4 is 32.4 Å². The lowest BCUT2D eigenvalue weighted by atomic mass is 9.99. The Hall–Kier alpha value is -2.86. The molecule has 5 nitrogen and oxygen atoms in total. The van der Waals surface area contributed by atoms with Gasteiger partial charge in [0.1, 0.15) is 0 Å². The van der Waals surface area contributed by atoms with Crippen LogP contribution in [-0.4, -0.2) is 20.6 Å². The molecule has 0 aromatic heterocycles. The lowest BCUT2D eigenvalue weighted by Crippen LogP contribution is -2.27. The number of hydrogen-bond acceptors (Lipinski definition) is 3. The average molecular weight is 382 g/mol. The Kier molecular flexibility index (Phi) is 5.19. The molecule has 2 N–H and O–H groups in total. The lowest BCUT2D eigenvalue weighted by molar-refractivity contribution is 0.0939. The number of sulfonamides is 1. The summed E-state index contributed by atoms with van der Waals surface area (Å²) in [6.45, 7) is 3.76. The van der Waals surface area contributed by atoms with Crippen molar-refractivity contribution in [1.29, 1.82) is 0 Å². The van der Waals surface area contributed by atoms with Gasteiger partial charge in [-0.05, 0) is 47.9 Å². The summed E-state index contributed by atoms with van der Waals surface area (Å²) in [6, 6.07) is 18.8. The highest BCUT2D eigenvalue weighted by Crippen LogP contribution is 2.25. The van der Waals surface area contributed by atoms with Crippen LogP contribution in [0.1, 0.15) is 34.5 Å². The highest BCUT2D eigenvalue weighted by molar-refractivity contribution is 7.92. The van der Waals surface area contributed by atoms with Gasteiger partial charge in [0.15, 0.2) is 0 Å². The van der Waals surface area contributed by atoms with Crippen molar-refractivity contribution in [2.75, 3.05) is 11.0 Å². The van der Waals surface area contributed by atoms with Crippen molar-refractivity contribution < 1.29 is 13.2 Å². The highest BCUT2D eigenvalue weighted by Gasteiger charge is 2.16. The Morgan fingerprint density at radius 3 is 2.44 bits per heavy atom. The molecule has 0 fully saturated rings. The van der Waals surface area contributed by atoms with Gasteiger partial charge in [0.2, 0.25) is 10.0 Å². The fraction of sp³-hybridized carbons (Fsp3) is 0.190. The van der Waals surface area contributed by atoms with E-state index in [9.17, 15) is 13.2 Å². The second-order valence-electron chi connectivity index (χ2n) is 6.67. The van der Waals surface area contributed by atoms with Crippen LogP contribution in [-0.2, 0) is 10.0 Å². The normalized spacial score (nSPS) is 12.6. The first-order valence-electron chi connectivity index (χ1n) is 8.61. The van der Waals surface area contributed by atoms with E-state index in [1.165, 1.54) is 0 Å². The smallest absolute Gasteiger partial charge is 0.252 e. The van der Waals surface area contributed by atoms with Gasteiger partial charge in [0, 0.05) is 11.3 Å². The standard InChI is InChI=1S/C21H22N2O3S/c1-14-11-12-17(23-27(3,25)26)13-20(14)21(24)22-15(2)18-10-6-8-16-7-4-5-9-19(16)18/h4-13,15,23H,1-3H3,(H,22,24). The predicted molar refractivity (Wildman–Crippen MR) is 109 cm³/mol. The van der Waals surface area contributed by atoms with Crippen LogP contribution in [0.15, 0.2) is 60.7 Å². The van der Waals surface area contributed by atoms with Crippen molar-refractivity contribution in [2.24, 2.45) is 0 Å². The van der Waals surface area contributed by atoms with Crippen molar-refractivity contribution in [3.05, 3.63) is 77.4 Å². The fourth-order valence-corrected chi connectivity index (χ4v) is 3.68. The van der Waals surface area contributed by atoms with E-state index in [0.717, 1.165) is 28.2 Å². The Labute approximate surface area is 159 Å². The summed E-state index contributed by atoms with van der Waals surface area (Å²) in [5.41, 5.74) is 2.61. The van der Waals surface area contributed by atoms with Crippen LogP contribution in [0, 0.1) is 6.92 Å². The summed E-state index contributed by atoms with van der Waals surface area (Å²) in [4.78, 5) is 12.8. The zero-order chi connectivity index (χ0) is 19.6. The third-order valence-corrected chi connectivity index (χ3v) is 5.03. The third-order valence-electron chi connectivity index (χ3n) is 4.42. The first kappa shape index (κ1) is 18.9. The number of fused-ring (bicyclic) bond motifs is 1. The third kappa shape index (κ3) is 4.46. The van der Waals surface area contributed by atoms with Crippen LogP contribution in [0.4, 0.5) is 5.69 Å². The highest BCUT2D eigenvalue weighted by atomic mass is 32.2. The van der Waals surface area contributed by atoms with Gasteiger partial charge in [-0.15, -0.1) is 0 Å². The first-order valence-corrected chi connectivity index (χ1v) is 10.5. The quantitative estimate of drug-likeness (QED) is 0.700. The second-order valence-corrected chi connectivity index (χ2v) is 8.42. The lowest BCUT2D eigenvalue weighted by Gasteiger charge is -2.18. The van der Waals surface area contributed by atoms with E-state index in [0.29, 0.717) is 11.3 Å². The molecule has 0 bridgehead atoms. The molecule has 3 aromatic carbocycles. The van der Waals surface area contributed by atoms with Crippen LogP contribution in [0.2, 0.25) is 0 Å². The predicted octanol–water partition coefficient (Wildman–Crippen LogP) is 4.01. The number of aryl methyl sites for hydroxylation is 1. The molecule has 6 heteroatoms. The summed E-state index contributed by atoms with van der Waals surface area (Å²) in [6.07, 6.45) is 1.08. The molecule has 0 saturated heterocycles. The Bertz CT molecular complexity index is 1100. The van der Waals surface area contributed by atoms with E-state index in [1.54, 1.807) is 18.2 Å². The van der Waals surface area contributed by atoms with Crippen LogP contribution >= 0.6 is 0 Å². The Morgan fingerprint density at radius 1 is 1.00 bits per heavy atom. The van der Waals surface area contributed by atoms with Crippen LogP contribution < -0.4 is 10.0 Å². The summed E-state index contributed by atoms with van der Waals surface area (Å²) in [7, 11) is -3.40. The van der Waals surface area contributed by atoms with E-state index < -0.39 is 10.0 Å². The minimum atomic E-state index is -3.40. The molecule has 1 atom stereocenters. The summed E-state index contributed by atoms with van der Waals surface area (Å²) in [5, 5.41) is 5.23. The molecule has 0 aliphatic heterocycles. The van der Waals surface area contributed by atoms with E-state index in [1.807, 2.05) is 56.3 Å². The van der Waals surface area contributed by atoms with Crippen molar-refractivity contribution in [3.8, 4) is 0 Å². The summed E-state index contributed by atoms with van der Waals surface area (Å²) in [5.74, 6) is -0.245. The molecule has 1 unspecified atom stereocenters. The molecule has 27 heavy (non-hydrogen) atoms. The molecular weight excluding hydrogens is 360 g/mol. The van der Waals surface area contributed by atoms with Gasteiger partial charge >= 0.3 is 0 Å². The largest absolute Gasteiger partial charge is 0.345 e. The minimum absolute atomic E-state index is 0.200. The van der Waals surface area contributed by atoms with Crippen LogP contribution in [0.25, 0.3) is 10.8 Å². The van der Waals surface area contributed by atoms with E-state index >= 15 is 0 Å². The Morgan fingerprint density at radius 2 is 1.70 bits per heavy atom. The van der Waals surface area contributed by atoms with Gasteiger partial charge in [0.25, 0.3) is 5.91 Å². The maximum absolute atomic E-state index is 12.8. The van der Waals surface area contributed by atoms with Crippen molar-refractivity contribution in [1.82, 2.24) is 5.32 Å². The molecule has 3 aromatic rings. The van der Waals surface area contributed by atoms with Gasteiger partial charge in [0.05, 0.1) is 12.3 Å². The first-order chi connectivity index (χ1) is 12.7. The molecule has 0 radical (unpaired) electrons. The van der Waals surface area contributed by atoms with Gasteiger partial charge in [-0.1, -0.05) is 48.5 Å². The van der Waals surface area contributed by atoms with Crippen LogP contribution in [0.3, 0.4) is 0 Å².